The first kappa shape index (κ1) is 23.7. The van der Waals surface area contributed by atoms with Crippen LogP contribution in [0.3, 0.4) is 0 Å². The monoisotopic (exact) mass is 587 g/mol. The molecule has 0 aliphatic heterocycles. The number of amides is 1. The molecule has 5 aromatic rings. The Kier molecular flexibility index (Phi) is 7.37. The van der Waals surface area contributed by atoms with Crippen molar-refractivity contribution in [1.29, 1.82) is 0 Å². The maximum atomic E-state index is 12.2. The second-order valence-corrected chi connectivity index (χ2v) is 9.19. The van der Waals surface area contributed by atoms with E-state index in [9.17, 15) is 4.79 Å². The van der Waals surface area contributed by atoms with E-state index in [-0.39, 0.29) is 12.5 Å². The summed E-state index contributed by atoms with van der Waals surface area (Å²) < 4.78 is 12.7. The van der Waals surface area contributed by atoms with Crippen LogP contribution in [0, 0.1) is 3.57 Å². The van der Waals surface area contributed by atoms with Crippen molar-refractivity contribution in [2.75, 3.05) is 6.61 Å². The summed E-state index contributed by atoms with van der Waals surface area (Å²) in [6.45, 7) is 0.318. The predicted molar refractivity (Wildman–Crippen MR) is 150 cm³/mol. The molecule has 0 saturated heterocycles. The van der Waals surface area contributed by atoms with Gasteiger partial charge in [0.15, 0.2) is 6.61 Å². The molecule has 36 heavy (non-hydrogen) atoms. The van der Waals surface area contributed by atoms with Crippen molar-refractivity contribution in [3.05, 3.63) is 112 Å². The third-order valence-electron chi connectivity index (χ3n) is 5.58. The zero-order chi connectivity index (χ0) is 24.7. The smallest absolute Gasteiger partial charge is 0.277 e. The Labute approximate surface area is 222 Å². The minimum Gasteiger partial charge on any atom is -0.488 e. The van der Waals surface area contributed by atoms with Crippen LogP contribution in [0.4, 0.5) is 0 Å². The van der Waals surface area contributed by atoms with Crippen molar-refractivity contribution in [3.63, 3.8) is 0 Å². The molecule has 6 nitrogen and oxygen atoms in total. The zero-order valence-electron chi connectivity index (χ0n) is 19.2. The number of hydrogen-bond donors (Lipinski definition) is 1. The van der Waals surface area contributed by atoms with Gasteiger partial charge in [0.25, 0.3) is 5.91 Å². The predicted octanol–water partition coefficient (Wildman–Crippen LogP) is 6.10. The van der Waals surface area contributed by atoms with E-state index in [1.54, 1.807) is 18.5 Å². The van der Waals surface area contributed by atoms with Gasteiger partial charge in [-0.15, -0.1) is 0 Å². The normalized spacial score (nSPS) is 11.1. The van der Waals surface area contributed by atoms with E-state index in [1.807, 2.05) is 60.7 Å². The van der Waals surface area contributed by atoms with Crippen LogP contribution in [0.25, 0.3) is 21.7 Å². The van der Waals surface area contributed by atoms with E-state index in [0.717, 1.165) is 25.8 Å². The van der Waals surface area contributed by atoms with Crippen LogP contribution in [0.15, 0.2) is 102 Å². The van der Waals surface area contributed by atoms with Crippen LogP contribution >= 0.6 is 22.6 Å². The molecule has 4 aromatic carbocycles. The molecule has 0 fully saturated rings. The number of hydrogen-bond acceptors (Lipinski definition) is 5. The number of carbonyl (C=O) groups is 1. The summed E-state index contributed by atoms with van der Waals surface area (Å²) in [4.78, 5) is 16.5. The van der Waals surface area contributed by atoms with Crippen molar-refractivity contribution in [2.24, 2.45) is 5.10 Å². The van der Waals surface area contributed by atoms with Gasteiger partial charge in [-0.1, -0.05) is 60.7 Å². The highest BCUT2D eigenvalue weighted by molar-refractivity contribution is 14.1. The first-order valence-electron chi connectivity index (χ1n) is 11.3. The Bertz CT molecular complexity index is 1560. The average molecular weight is 587 g/mol. The lowest BCUT2D eigenvalue weighted by Gasteiger charge is -2.11. The summed E-state index contributed by atoms with van der Waals surface area (Å²) in [6.07, 6.45) is 3.29. The SMILES string of the molecule is O=C(COc1cccc2cccnc12)N/N=C/c1ccc(OCc2cccc3ccccc23)c(I)c1. The van der Waals surface area contributed by atoms with Gasteiger partial charge in [-0.3, -0.25) is 9.78 Å². The quantitative estimate of drug-likeness (QED) is 0.135. The van der Waals surface area contributed by atoms with Crippen molar-refractivity contribution in [3.8, 4) is 11.5 Å². The van der Waals surface area contributed by atoms with Crippen LogP contribution in [-0.2, 0) is 11.4 Å². The summed E-state index contributed by atoms with van der Waals surface area (Å²) in [7, 11) is 0. The number of ether oxygens (including phenoxy) is 2. The van der Waals surface area contributed by atoms with Crippen LogP contribution in [-0.4, -0.2) is 23.7 Å². The molecule has 0 aliphatic rings. The summed E-state index contributed by atoms with van der Waals surface area (Å²) in [5, 5.41) is 7.39. The Balaban J connectivity index is 1.15. The number of nitrogens with one attached hydrogen (secondary N) is 1. The molecule has 0 bridgehead atoms. The van der Waals surface area contributed by atoms with E-state index in [1.165, 1.54) is 10.8 Å². The van der Waals surface area contributed by atoms with Crippen LogP contribution in [0.5, 0.6) is 11.5 Å². The number of para-hydroxylation sites is 1. The fourth-order valence-corrected chi connectivity index (χ4v) is 4.53. The number of halogens is 1. The number of nitrogens with zero attached hydrogens (tertiary/aromatic N) is 2. The highest BCUT2D eigenvalue weighted by Gasteiger charge is 2.07. The molecule has 1 heterocycles. The number of rotatable bonds is 8. The summed E-state index contributed by atoms with van der Waals surface area (Å²) >= 11 is 2.24. The molecule has 1 amide bonds. The largest absolute Gasteiger partial charge is 0.488 e. The lowest BCUT2D eigenvalue weighted by molar-refractivity contribution is -0.123. The molecule has 7 heteroatoms. The third-order valence-corrected chi connectivity index (χ3v) is 6.42. The van der Waals surface area contributed by atoms with E-state index >= 15 is 0 Å². The molecular formula is C29H22IN3O3. The number of carbonyl (C=O) groups excluding carboxylic acids is 1. The van der Waals surface area contributed by atoms with Gasteiger partial charge in [0.1, 0.15) is 23.6 Å². The number of fused-ring (bicyclic) bond motifs is 2. The highest BCUT2D eigenvalue weighted by atomic mass is 127. The van der Waals surface area contributed by atoms with E-state index in [2.05, 4.69) is 62.4 Å². The fraction of sp³-hybridized carbons (Fsp3) is 0.0690. The molecule has 0 atom stereocenters. The average Bonchev–Trinajstić information content (AvgIpc) is 2.91. The van der Waals surface area contributed by atoms with Crippen molar-refractivity contribution < 1.29 is 14.3 Å². The molecule has 0 unspecified atom stereocenters. The van der Waals surface area contributed by atoms with E-state index < -0.39 is 0 Å². The second-order valence-electron chi connectivity index (χ2n) is 8.03. The molecule has 5 rings (SSSR count). The highest BCUT2D eigenvalue weighted by Crippen LogP contribution is 2.25. The molecule has 1 aromatic heterocycles. The lowest BCUT2D eigenvalue weighted by Crippen LogP contribution is -2.24. The second kappa shape index (κ2) is 11.2. The van der Waals surface area contributed by atoms with Crippen LogP contribution < -0.4 is 14.9 Å². The summed E-state index contributed by atoms with van der Waals surface area (Å²) in [5.41, 5.74) is 5.20. The summed E-state index contributed by atoms with van der Waals surface area (Å²) in [6, 6.07) is 29.7. The van der Waals surface area contributed by atoms with Crippen LogP contribution in [0.1, 0.15) is 11.1 Å². The molecule has 0 radical (unpaired) electrons. The van der Waals surface area contributed by atoms with Gasteiger partial charge >= 0.3 is 0 Å². The first-order chi connectivity index (χ1) is 17.7. The van der Waals surface area contributed by atoms with E-state index in [4.69, 9.17) is 9.47 Å². The van der Waals surface area contributed by atoms with Gasteiger partial charge in [-0.05, 0) is 74.8 Å². The minimum atomic E-state index is -0.357. The zero-order valence-corrected chi connectivity index (χ0v) is 21.4. The fourth-order valence-electron chi connectivity index (χ4n) is 3.84. The Morgan fingerprint density at radius 1 is 0.889 bits per heavy atom. The topological polar surface area (TPSA) is 72.8 Å². The number of benzene rings is 4. The van der Waals surface area contributed by atoms with E-state index in [0.29, 0.717) is 17.9 Å². The Morgan fingerprint density at radius 3 is 2.61 bits per heavy atom. The molecule has 0 spiro atoms. The van der Waals surface area contributed by atoms with Gasteiger partial charge in [0.05, 0.1) is 9.78 Å². The first-order valence-corrected chi connectivity index (χ1v) is 12.4. The van der Waals surface area contributed by atoms with Crippen molar-refractivity contribution in [1.82, 2.24) is 10.4 Å². The molecule has 178 valence electrons. The molecule has 0 aliphatic carbocycles. The number of hydrazone groups is 1. The summed E-state index contributed by atoms with van der Waals surface area (Å²) in [5.74, 6) is 0.992. The maximum Gasteiger partial charge on any atom is 0.277 e. The van der Waals surface area contributed by atoms with Gasteiger partial charge in [-0.25, -0.2) is 5.43 Å². The van der Waals surface area contributed by atoms with Crippen molar-refractivity contribution >= 4 is 56.4 Å². The Hall–Kier alpha value is -3.98. The number of aromatic nitrogens is 1. The maximum absolute atomic E-state index is 12.2. The molecular weight excluding hydrogens is 565 g/mol. The van der Waals surface area contributed by atoms with Crippen molar-refractivity contribution in [2.45, 2.75) is 6.61 Å². The minimum absolute atomic E-state index is 0.161. The van der Waals surface area contributed by atoms with Gasteiger partial charge in [-0.2, -0.15) is 5.10 Å². The van der Waals surface area contributed by atoms with Gasteiger partial charge in [0, 0.05) is 11.6 Å². The van der Waals surface area contributed by atoms with Gasteiger partial charge in [0.2, 0.25) is 0 Å². The van der Waals surface area contributed by atoms with Gasteiger partial charge < -0.3 is 9.47 Å². The Morgan fingerprint density at radius 2 is 1.69 bits per heavy atom. The third kappa shape index (κ3) is 5.63. The number of pyridine rings is 1. The van der Waals surface area contributed by atoms with Crippen LogP contribution in [0.2, 0.25) is 0 Å². The molecule has 1 N–H and O–H groups in total. The molecule has 0 saturated carbocycles. The lowest BCUT2D eigenvalue weighted by atomic mass is 10.1. The standard InChI is InChI=1S/C29H22IN3O3/c30-25-16-20(13-14-26(25)35-18-23-9-3-7-21-6-1-2-11-24(21)23)17-32-33-28(34)19-36-27-12-4-8-22-10-5-15-31-29(22)27/h1-17H,18-19H2,(H,33,34)/b32-17+.